The Bertz CT molecular complexity index is 338. The smallest absolute Gasteiger partial charge is 0.171 e. The molecule has 1 unspecified atom stereocenters. The van der Waals surface area contributed by atoms with E-state index in [1.54, 1.807) is 14.2 Å². The van der Waals surface area contributed by atoms with E-state index in [-0.39, 0.29) is 12.3 Å². The molecule has 0 heterocycles. The molecule has 0 amide bonds. The zero-order valence-electron chi connectivity index (χ0n) is 10.8. The number of ether oxygens (including phenoxy) is 2. The summed E-state index contributed by atoms with van der Waals surface area (Å²) in [5.74, 6) is 0. The van der Waals surface area contributed by atoms with E-state index < -0.39 is 0 Å². The molecule has 0 aliphatic heterocycles. The lowest BCUT2D eigenvalue weighted by atomic mass is 10.1. The van der Waals surface area contributed by atoms with Gasteiger partial charge in [-0.3, -0.25) is 0 Å². The number of rotatable bonds is 5. The Kier molecular flexibility index (Phi) is 4.15. The minimum Gasteiger partial charge on any atom is -0.354 e. The quantitative estimate of drug-likeness (QED) is 0.789. The van der Waals surface area contributed by atoms with Crippen molar-refractivity contribution in [2.24, 2.45) is 0 Å². The fourth-order valence-corrected chi connectivity index (χ4v) is 2.63. The summed E-state index contributed by atoms with van der Waals surface area (Å²) in [4.78, 5) is 0. The maximum absolute atomic E-state index is 5.26. The van der Waals surface area contributed by atoms with Crippen molar-refractivity contribution in [1.82, 2.24) is 5.32 Å². The van der Waals surface area contributed by atoms with Crippen LogP contribution in [0.3, 0.4) is 0 Å². The molecule has 0 bridgehead atoms. The molecule has 0 saturated carbocycles. The molecule has 1 aromatic carbocycles. The predicted octanol–water partition coefficient (Wildman–Crippen LogP) is 1.75. The summed E-state index contributed by atoms with van der Waals surface area (Å²) in [7, 11) is 3.35. The molecule has 0 radical (unpaired) electrons. The summed E-state index contributed by atoms with van der Waals surface area (Å²) in [5.41, 5.74) is 2.92. The highest BCUT2D eigenvalue weighted by molar-refractivity contribution is 5.33. The Labute approximate surface area is 103 Å². The lowest BCUT2D eigenvalue weighted by Crippen LogP contribution is -2.45. The average molecular weight is 235 g/mol. The van der Waals surface area contributed by atoms with Crippen molar-refractivity contribution in [3.05, 3.63) is 35.4 Å². The number of hydrogen-bond donors (Lipinski definition) is 1. The second-order valence-corrected chi connectivity index (χ2v) is 4.67. The lowest BCUT2D eigenvalue weighted by molar-refractivity contribution is -0.120. The molecule has 1 aliphatic rings. The third-order valence-electron chi connectivity index (χ3n) is 3.42. The third kappa shape index (κ3) is 2.86. The molecule has 3 heteroatoms. The van der Waals surface area contributed by atoms with Crippen molar-refractivity contribution in [2.75, 3.05) is 14.2 Å². The Morgan fingerprint density at radius 3 is 2.12 bits per heavy atom. The number of nitrogens with one attached hydrogen (secondary N) is 1. The molecular weight excluding hydrogens is 214 g/mol. The van der Waals surface area contributed by atoms with E-state index in [1.165, 1.54) is 11.1 Å². The van der Waals surface area contributed by atoms with Crippen molar-refractivity contribution < 1.29 is 9.47 Å². The summed E-state index contributed by atoms with van der Waals surface area (Å²) < 4.78 is 10.5. The van der Waals surface area contributed by atoms with Gasteiger partial charge in [0.25, 0.3) is 0 Å². The van der Waals surface area contributed by atoms with Gasteiger partial charge in [-0.15, -0.1) is 0 Å². The SMILES string of the molecule is COC(OC)C(C)NC1Cc2ccccc2C1. The van der Waals surface area contributed by atoms with Crippen LogP contribution >= 0.6 is 0 Å². The summed E-state index contributed by atoms with van der Waals surface area (Å²) in [5, 5.41) is 3.58. The molecule has 0 saturated heterocycles. The first-order valence-corrected chi connectivity index (χ1v) is 6.13. The van der Waals surface area contributed by atoms with E-state index in [0.29, 0.717) is 6.04 Å². The molecule has 1 aromatic rings. The maximum atomic E-state index is 5.26. The predicted molar refractivity (Wildman–Crippen MR) is 68.0 cm³/mol. The zero-order valence-corrected chi connectivity index (χ0v) is 10.8. The fraction of sp³-hybridized carbons (Fsp3) is 0.571. The number of hydrogen-bond acceptors (Lipinski definition) is 3. The van der Waals surface area contributed by atoms with Gasteiger partial charge in [0.2, 0.25) is 0 Å². The van der Waals surface area contributed by atoms with Gasteiger partial charge in [-0.1, -0.05) is 24.3 Å². The topological polar surface area (TPSA) is 30.5 Å². The molecule has 2 rings (SSSR count). The molecule has 17 heavy (non-hydrogen) atoms. The van der Waals surface area contributed by atoms with Gasteiger partial charge in [0, 0.05) is 20.3 Å². The number of methoxy groups -OCH3 is 2. The molecule has 3 nitrogen and oxygen atoms in total. The third-order valence-corrected chi connectivity index (χ3v) is 3.42. The van der Waals surface area contributed by atoms with Gasteiger partial charge >= 0.3 is 0 Å². The number of benzene rings is 1. The van der Waals surface area contributed by atoms with Crippen LogP contribution in [0.1, 0.15) is 18.1 Å². The summed E-state index contributed by atoms with van der Waals surface area (Å²) in [6.07, 6.45) is 2.01. The lowest BCUT2D eigenvalue weighted by Gasteiger charge is -2.25. The summed E-state index contributed by atoms with van der Waals surface area (Å²) in [6.45, 7) is 2.10. The first-order chi connectivity index (χ1) is 8.24. The first kappa shape index (κ1) is 12.6. The van der Waals surface area contributed by atoms with Crippen molar-refractivity contribution in [1.29, 1.82) is 0 Å². The van der Waals surface area contributed by atoms with Crippen LogP contribution in [0.2, 0.25) is 0 Å². The van der Waals surface area contributed by atoms with Crippen LogP contribution in [-0.4, -0.2) is 32.6 Å². The molecule has 1 atom stereocenters. The molecule has 1 N–H and O–H groups in total. The first-order valence-electron chi connectivity index (χ1n) is 6.13. The fourth-order valence-electron chi connectivity index (χ4n) is 2.63. The van der Waals surface area contributed by atoms with Crippen molar-refractivity contribution in [3.63, 3.8) is 0 Å². The Morgan fingerprint density at radius 1 is 1.12 bits per heavy atom. The van der Waals surface area contributed by atoms with Gasteiger partial charge in [0.05, 0.1) is 6.04 Å². The van der Waals surface area contributed by atoms with Crippen LogP contribution in [0, 0.1) is 0 Å². The standard InChI is InChI=1S/C14H21NO2/c1-10(14(16-2)17-3)15-13-8-11-6-4-5-7-12(11)9-13/h4-7,10,13-15H,8-9H2,1-3H3. The Balaban J connectivity index is 1.91. The van der Waals surface area contributed by atoms with Crippen LogP contribution in [0.5, 0.6) is 0 Å². The highest BCUT2D eigenvalue weighted by atomic mass is 16.7. The second kappa shape index (κ2) is 5.63. The van der Waals surface area contributed by atoms with Crippen molar-refractivity contribution in [2.45, 2.75) is 38.1 Å². The van der Waals surface area contributed by atoms with Crippen LogP contribution in [0.15, 0.2) is 24.3 Å². The van der Waals surface area contributed by atoms with Gasteiger partial charge in [0.1, 0.15) is 0 Å². The van der Waals surface area contributed by atoms with E-state index in [4.69, 9.17) is 9.47 Å². The van der Waals surface area contributed by atoms with E-state index in [0.717, 1.165) is 12.8 Å². The van der Waals surface area contributed by atoms with Gasteiger partial charge in [-0.2, -0.15) is 0 Å². The number of fused-ring (bicyclic) bond motifs is 1. The Hall–Kier alpha value is -0.900. The van der Waals surface area contributed by atoms with Crippen LogP contribution < -0.4 is 5.32 Å². The van der Waals surface area contributed by atoms with Crippen LogP contribution in [0.4, 0.5) is 0 Å². The van der Waals surface area contributed by atoms with Crippen LogP contribution in [0.25, 0.3) is 0 Å². The molecular formula is C14H21NO2. The van der Waals surface area contributed by atoms with Gasteiger partial charge < -0.3 is 14.8 Å². The van der Waals surface area contributed by atoms with E-state index >= 15 is 0 Å². The monoisotopic (exact) mass is 235 g/mol. The van der Waals surface area contributed by atoms with Crippen molar-refractivity contribution in [3.8, 4) is 0 Å². The Morgan fingerprint density at radius 2 is 1.65 bits per heavy atom. The van der Waals surface area contributed by atoms with Crippen molar-refractivity contribution >= 4 is 0 Å². The van der Waals surface area contributed by atoms with Gasteiger partial charge in [-0.25, -0.2) is 0 Å². The largest absolute Gasteiger partial charge is 0.354 e. The van der Waals surface area contributed by atoms with Gasteiger partial charge in [0.15, 0.2) is 6.29 Å². The normalized spacial score (nSPS) is 17.4. The van der Waals surface area contributed by atoms with E-state index in [9.17, 15) is 0 Å². The summed E-state index contributed by atoms with van der Waals surface area (Å²) in [6, 6.07) is 9.34. The van der Waals surface area contributed by atoms with Crippen LogP contribution in [-0.2, 0) is 22.3 Å². The average Bonchev–Trinajstić information content (AvgIpc) is 2.72. The minimum absolute atomic E-state index is 0.182. The molecule has 1 aliphatic carbocycles. The molecule has 94 valence electrons. The minimum atomic E-state index is -0.182. The molecule has 0 aromatic heterocycles. The molecule has 0 fully saturated rings. The maximum Gasteiger partial charge on any atom is 0.171 e. The molecule has 0 spiro atoms. The second-order valence-electron chi connectivity index (χ2n) is 4.67. The highest BCUT2D eigenvalue weighted by Crippen LogP contribution is 2.22. The van der Waals surface area contributed by atoms with E-state index in [1.807, 2.05) is 0 Å². The van der Waals surface area contributed by atoms with Gasteiger partial charge in [-0.05, 0) is 30.9 Å². The highest BCUT2D eigenvalue weighted by Gasteiger charge is 2.25. The zero-order chi connectivity index (χ0) is 12.3. The van der Waals surface area contributed by atoms with E-state index in [2.05, 4.69) is 36.5 Å². The summed E-state index contributed by atoms with van der Waals surface area (Å²) >= 11 is 0.